The highest BCUT2D eigenvalue weighted by molar-refractivity contribution is 7.15. The zero-order chi connectivity index (χ0) is 25.4. The van der Waals surface area contributed by atoms with Crippen LogP contribution in [-0.2, 0) is 27.3 Å². The molecular formula is C23H26F2N4O5S. The van der Waals surface area contributed by atoms with Gasteiger partial charge in [-0.05, 0) is 31.5 Å². The third-order valence-corrected chi connectivity index (χ3v) is 6.38. The first-order valence-electron chi connectivity index (χ1n) is 10.8. The molecule has 3 aromatic rings. The van der Waals surface area contributed by atoms with E-state index in [9.17, 15) is 13.6 Å². The Kier molecular flexibility index (Phi) is 9.40. The highest BCUT2D eigenvalue weighted by Gasteiger charge is 2.22. The van der Waals surface area contributed by atoms with Gasteiger partial charge in [0.05, 0.1) is 24.8 Å². The lowest BCUT2D eigenvalue weighted by Gasteiger charge is -2.33. The van der Waals surface area contributed by atoms with E-state index in [-0.39, 0.29) is 24.9 Å². The third kappa shape index (κ3) is 7.64. The number of hydrogen-bond acceptors (Lipinski definition) is 8. The number of aryl methyl sites for hydroxylation is 2. The van der Waals surface area contributed by atoms with Crippen LogP contribution in [-0.4, -0.2) is 64.9 Å². The lowest BCUT2D eigenvalue weighted by Crippen LogP contribution is -2.47. The number of morpholine rings is 1. The number of aromatic nitrogens is 2. The van der Waals surface area contributed by atoms with Crippen molar-refractivity contribution in [2.24, 2.45) is 0 Å². The molecule has 4 rings (SSSR count). The number of nitrogens with zero attached hydrogens (tertiary/aromatic N) is 3. The largest absolute Gasteiger partial charge is 0.483 e. The van der Waals surface area contributed by atoms with Gasteiger partial charge in [-0.15, -0.1) is 11.3 Å². The number of carbonyl (C=O) groups is 2. The lowest BCUT2D eigenvalue weighted by atomic mass is 10.1. The van der Waals surface area contributed by atoms with Crippen LogP contribution in [0.4, 0.5) is 8.78 Å². The highest BCUT2D eigenvalue weighted by Crippen LogP contribution is 2.27. The number of hydrogen-bond donors (Lipinski definition) is 2. The number of halogens is 2. The van der Waals surface area contributed by atoms with Gasteiger partial charge in [-0.3, -0.25) is 14.5 Å². The van der Waals surface area contributed by atoms with Gasteiger partial charge in [0.25, 0.3) is 6.47 Å². The second kappa shape index (κ2) is 12.5. The lowest BCUT2D eigenvalue weighted by molar-refractivity contribution is -0.123. The molecule has 0 bridgehead atoms. The van der Waals surface area contributed by atoms with E-state index in [4.69, 9.17) is 19.2 Å². The molecule has 0 spiro atoms. The van der Waals surface area contributed by atoms with Crippen LogP contribution in [0.25, 0.3) is 10.7 Å². The molecule has 0 aliphatic carbocycles. The molecule has 1 saturated heterocycles. The van der Waals surface area contributed by atoms with E-state index in [1.54, 1.807) is 6.07 Å². The van der Waals surface area contributed by atoms with Gasteiger partial charge in [-0.25, -0.2) is 13.8 Å². The fourth-order valence-corrected chi connectivity index (χ4v) is 4.56. The number of nitrogens with one attached hydrogen (secondary N) is 1. The van der Waals surface area contributed by atoms with Crippen LogP contribution in [0.3, 0.4) is 0 Å². The SMILES string of the molecule is Cc1cc(-c2nc(C)c(CC(=O)NC[C@H]3CN(Cc4ccc(F)c(F)c4)CCO3)s2)no1.O=CO. The molecule has 1 aliphatic rings. The normalized spacial score (nSPS) is 15.8. The molecule has 0 radical (unpaired) electrons. The van der Waals surface area contributed by atoms with E-state index in [1.807, 2.05) is 19.9 Å². The van der Waals surface area contributed by atoms with E-state index < -0.39 is 11.6 Å². The smallest absolute Gasteiger partial charge is 0.290 e. The number of rotatable bonds is 7. The predicted octanol–water partition coefficient (Wildman–Crippen LogP) is 2.95. The summed E-state index contributed by atoms with van der Waals surface area (Å²) in [4.78, 5) is 28.3. The molecule has 2 N–H and O–H groups in total. The summed E-state index contributed by atoms with van der Waals surface area (Å²) in [7, 11) is 0. The molecule has 1 amide bonds. The first-order chi connectivity index (χ1) is 16.8. The Morgan fingerprint density at radius 2 is 2.09 bits per heavy atom. The van der Waals surface area contributed by atoms with Crippen molar-refractivity contribution in [2.75, 3.05) is 26.2 Å². The quantitative estimate of drug-likeness (QED) is 0.468. The van der Waals surface area contributed by atoms with Crippen LogP contribution in [0.1, 0.15) is 21.9 Å². The average Bonchev–Trinajstić information content (AvgIpc) is 3.41. The molecule has 35 heavy (non-hydrogen) atoms. The van der Waals surface area contributed by atoms with Gasteiger partial charge < -0.3 is 19.7 Å². The van der Waals surface area contributed by atoms with Crippen molar-refractivity contribution in [3.8, 4) is 10.7 Å². The van der Waals surface area contributed by atoms with Crippen molar-refractivity contribution in [3.05, 3.63) is 57.8 Å². The van der Waals surface area contributed by atoms with Gasteiger partial charge >= 0.3 is 0 Å². The molecule has 1 aliphatic heterocycles. The second-order valence-corrected chi connectivity index (χ2v) is 9.00. The van der Waals surface area contributed by atoms with Crippen molar-refractivity contribution in [1.82, 2.24) is 20.4 Å². The zero-order valence-electron chi connectivity index (χ0n) is 19.3. The van der Waals surface area contributed by atoms with Crippen LogP contribution in [0.5, 0.6) is 0 Å². The topological polar surface area (TPSA) is 118 Å². The third-order valence-electron chi connectivity index (χ3n) is 5.20. The highest BCUT2D eigenvalue weighted by atomic mass is 32.1. The number of benzene rings is 1. The Labute approximate surface area is 204 Å². The minimum atomic E-state index is -0.851. The zero-order valence-corrected chi connectivity index (χ0v) is 20.1. The average molecular weight is 509 g/mol. The molecule has 3 heterocycles. The summed E-state index contributed by atoms with van der Waals surface area (Å²) in [5.41, 5.74) is 2.17. The van der Waals surface area contributed by atoms with Crippen LogP contribution < -0.4 is 5.32 Å². The minimum Gasteiger partial charge on any atom is -0.483 e. The minimum absolute atomic E-state index is 0.110. The summed E-state index contributed by atoms with van der Waals surface area (Å²) in [6.07, 6.45) is 0.0558. The Morgan fingerprint density at radius 1 is 1.31 bits per heavy atom. The van der Waals surface area contributed by atoms with Crippen LogP contribution in [0.2, 0.25) is 0 Å². The van der Waals surface area contributed by atoms with Crippen molar-refractivity contribution >= 4 is 23.7 Å². The first kappa shape index (κ1) is 26.4. The van der Waals surface area contributed by atoms with Gasteiger partial charge in [-0.2, -0.15) is 0 Å². The van der Waals surface area contributed by atoms with Gasteiger partial charge in [-0.1, -0.05) is 11.2 Å². The molecule has 1 atom stereocenters. The fraction of sp³-hybridized carbons (Fsp3) is 0.391. The molecule has 9 nitrogen and oxygen atoms in total. The Balaban J connectivity index is 0.00000108. The Morgan fingerprint density at radius 3 is 2.77 bits per heavy atom. The van der Waals surface area contributed by atoms with E-state index in [2.05, 4.69) is 20.4 Å². The Hall–Kier alpha value is -3.22. The van der Waals surface area contributed by atoms with E-state index in [0.717, 1.165) is 21.6 Å². The van der Waals surface area contributed by atoms with Crippen molar-refractivity contribution < 1.29 is 32.7 Å². The number of carboxylic acid groups (broad SMARTS) is 1. The second-order valence-electron chi connectivity index (χ2n) is 7.91. The molecule has 12 heteroatoms. The van der Waals surface area contributed by atoms with Crippen LogP contribution in [0, 0.1) is 25.5 Å². The summed E-state index contributed by atoms with van der Waals surface area (Å²) in [5.74, 6) is -1.10. The van der Waals surface area contributed by atoms with Crippen LogP contribution in [0.15, 0.2) is 28.8 Å². The maximum atomic E-state index is 13.4. The summed E-state index contributed by atoms with van der Waals surface area (Å²) in [6.45, 7) is 6.10. The van der Waals surface area contributed by atoms with Gasteiger partial charge in [0.15, 0.2) is 11.6 Å². The summed E-state index contributed by atoms with van der Waals surface area (Å²) in [5, 5.41) is 14.5. The monoisotopic (exact) mass is 508 g/mol. The van der Waals surface area contributed by atoms with Crippen molar-refractivity contribution in [2.45, 2.75) is 32.9 Å². The van der Waals surface area contributed by atoms with E-state index >= 15 is 0 Å². The molecule has 0 saturated carbocycles. The van der Waals surface area contributed by atoms with Crippen LogP contribution >= 0.6 is 11.3 Å². The summed E-state index contributed by atoms with van der Waals surface area (Å²) >= 11 is 1.43. The molecule has 1 fully saturated rings. The number of amides is 1. The van der Waals surface area contributed by atoms with E-state index in [1.165, 1.54) is 17.4 Å². The molecular weight excluding hydrogens is 482 g/mol. The fourth-order valence-electron chi connectivity index (χ4n) is 3.55. The summed E-state index contributed by atoms with van der Waals surface area (Å²) in [6, 6.07) is 5.75. The maximum Gasteiger partial charge on any atom is 0.290 e. The number of carbonyl (C=O) groups excluding carboxylic acids is 1. The van der Waals surface area contributed by atoms with Crippen molar-refractivity contribution in [3.63, 3.8) is 0 Å². The molecule has 188 valence electrons. The standard InChI is InChI=1S/C22H24F2N4O3S.CH2O2/c1-13-7-19(27-31-13)22-26-14(2)20(32-22)9-21(29)25-10-16-12-28(5-6-30-16)11-15-3-4-17(23)18(24)8-15;2-1-3/h3-4,7-8,16H,5-6,9-12H2,1-2H3,(H,25,29);1H,(H,2,3)/t16-;/m0./s1. The van der Waals surface area contributed by atoms with Crippen molar-refractivity contribution in [1.29, 1.82) is 0 Å². The first-order valence-corrected chi connectivity index (χ1v) is 11.6. The molecule has 1 aromatic carbocycles. The Bertz CT molecular complexity index is 1150. The van der Waals surface area contributed by atoms with E-state index in [0.29, 0.717) is 49.8 Å². The van der Waals surface area contributed by atoms with Gasteiger partial charge in [0.1, 0.15) is 16.5 Å². The number of thiazole rings is 1. The van der Waals surface area contributed by atoms with Gasteiger partial charge in [0.2, 0.25) is 5.91 Å². The molecule has 0 unspecified atom stereocenters. The number of ether oxygens (including phenoxy) is 1. The predicted molar refractivity (Wildman–Crippen MR) is 124 cm³/mol. The van der Waals surface area contributed by atoms with Gasteiger partial charge in [0, 0.05) is 37.1 Å². The molecule has 2 aromatic heterocycles. The maximum absolute atomic E-state index is 13.4. The summed E-state index contributed by atoms with van der Waals surface area (Å²) < 4.78 is 37.4.